The Labute approximate surface area is 519 Å². The molecule has 0 spiro atoms. The third-order valence-corrected chi connectivity index (χ3v) is 16.6. The average molecular weight is 1240 g/mol. The first-order valence-corrected chi connectivity index (χ1v) is 33.0. The summed E-state index contributed by atoms with van der Waals surface area (Å²) in [4.78, 5) is 21.8. The molecule has 20 heteroatoms. The Kier molecular flexibility index (Phi) is 38.5. The number of fused-ring (bicyclic) bond motifs is 1. The molecule has 6 N–H and O–H groups in total. The summed E-state index contributed by atoms with van der Waals surface area (Å²) in [7, 11) is 0. The Hall–Kier alpha value is -1.54. The molecule has 0 aromatic carbocycles. The van der Waals surface area contributed by atoms with Crippen molar-refractivity contribution >= 4 is 11.8 Å². The molecule has 5 heterocycles. The highest BCUT2D eigenvalue weighted by Crippen LogP contribution is 2.47. The van der Waals surface area contributed by atoms with E-state index in [1.165, 1.54) is 0 Å². The molecule has 5 aliphatic heterocycles. The zero-order valence-electron chi connectivity index (χ0n) is 56.8. The normalized spacial score (nSPS) is 34.1. The molecule has 8 rings (SSSR count). The van der Waals surface area contributed by atoms with Crippen molar-refractivity contribution < 1.29 is 97.1 Å². The summed E-state index contributed by atoms with van der Waals surface area (Å²) in [5.41, 5.74) is 0.115. The second-order valence-corrected chi connectivity index (χ2v) is 26.9. The molecule has 0 unspecified atom stereocenters. The Morgan fingerprint density at radius 2 is 0.988 bits per heavy atom. The van der Waals surface area contributed by atoms with Crippen LogP contribution in [-0.4, -0.2) is 223 Å². The van der Waals surface area contributed by atoms with Gasteiger partial charge in [-0.25, -0.2) is 0 Å². The van der Waals surface area contributed by atoms with Crippen molar-refractivity contribution in [3.8, 4) is 0 Å². The molecule has 0 aromatic rings. The van der Waals surface area contributed by atoms with E-state index in [4.69, 9.17) is 72.2 Å². The summed E-state index contributed by atoms with van der Waals surface area (Å²) in [5.74, 6) is -0.0431. The molecule has 8 fully saturated rings. The number of aliphatic hydroxyl groups is 5. The molecule has 0 aromatic heterocycles. The Bertz CT molecular complexity index is 1730. The number of carbonyl (C=O) groups excluding carboxylic acids is 1. The van der Waals surface area contributed by atoms with E-state index in [9.17, 15) is 24.9 Å². The second kappa shape index (κ2) is 41.1. The average Bonchev–Trinajstić information content (AvgIpc) is 3.44. The highest BCUT2D eigenvalue weighted by atomic mass is 16.6. The predicted octanol–water partition coefficient (Wildman–Crippen LogP) is 8.83. The van der Waals surface area contributed by atoms with Gasteiger partial charge < -0.3 is 87.5 Å². The fraction of sp³-hybridized carbons (Fsp3) is 0.970. The van der Waals surface area contributed by atoms with Gasteiger partial charge in [0.05, 0.1) is 143 Å². The quantitative estimate of drug-likeness (QED) is 0.0591. The minimum atomic E-state index is -0.669. The van der Waals surface area contributed by atoms with Crippen molar-refractivity contribution in [1.82, 2.24) is 0 Å². The molecule has 86 heavy (non-hydrogen) atoms. The van der Waals surface area contributed by atoms with Gasteiger partial charge in [0.1, 0.15) is 48.5 Å². The number of carboxylic acid groups (broad SMARTS) is 1. The van der Waals surface area contributed by atoms with Crippen LogP contribution in [0.3, 0.4) is 0 Å². The van der Waals surface area contributed by atoms with Crippen molar-refractivity contribution in [2.75, 3.05) is 52.9 Å². The van der Waals surface area contributed by atoms with Crippen LogP contribution in [0.1, 0.15) is 209 Å². The van der Waals surface area contributed by atoms with Crippen molar-refractivity contribution in [3.05, 3.63) is 0 Å². The fourth-order valence-corrected chi connectivity index (χ4v) is 11.4. The summed E-state index contributed by atoms with van der Waals surface area (Å²) in [6, 6.07) is 0. The van der Waals surface area contributed by atoms with E-state index in [1.807, 2.05) is 96.9 Å². The number of aliphatic carboxylic acids is 1. The van der Waals surface area contributed by atoms with Gasteiger partial charge in [-0.15, -0.1) is 0 Å². The molecular weight excluding hydrogens is 1110 g/mol. The number of carboxylic acids is 1. The van der Waals surface area contributed by atoms with Gasteiger partial charge in [-0.3, -0.25) is 9.59 Å². The molecule has 20 nitrogen and oxygen atoms in total. The van der Waals surface area contributed by atoms with E-state index in [0.29, 0.717) is 70.6 Å². The summed E-state index contributed by atoms with van der Waals surface area (Å²) in [6.45, 7) is 41.8. The van der Waals surface area contributed by atoms with E-state index < -0.39 is 30.4 Å². The maximum Gasteiger partial charge on any atom is 0.306 e. The van der Waals surface area contributed by atoms with E-state index in [1.54, 1.807) is 6.92 Å². The number of carbonyl (C=O) groups is 2. The lowest BCUT2D eigenvalue weighted by Gasteiger charge is -2.46. The molecule has 5 saturated heterocycles. The number of aliphatic hydroxyl groups excluding tert-OH is 5. The number of ether oxygens (including phenoxy) is 12. The van der Waals surface area contributed by atoms with Crippen LogP contribution in [0.15, 0.2) is 0 Å². The monoisotopic (exact) mass is 1240 g/mol. The molecule has 0 radical (unpaired) electrons. The SMILES string of the molecule is CC(=O)C1(COC(C)C)CC1.CC(C)O[C@@H]1CO[C@H]2[C@@H]1OC[C@H]2C.CC(C)O[C@H]1CCC[C@H](C(=O)O)C1.CC(C)O[C@H]1CO[C@H](CO)[C@@H](O)C1.CCC1(CO)CC(OC(C)C)C1.CC[C@@H]1OC[C@@H](OC(C)C)[C@H]1O.CC[C@H]1OC[C@H](OC(C)C)[C@@H]1O. The number of rotatable bonds is 22. The molecule has 8 aliphatic rings. The summed E-state index contributed by atoms with van der Waals surface area (Å²) >= 11 is 0. The van der Waals surface area contributed by atoms with Crippen LogP contribution >= 0.6 is 0 Å². The van der Waals surface area contributed by atoms with Crippen LogP contribution in [-0.2, 0) is 66.4 Å². The lowest BCUT2D eigenvalue weighted by Crippen LogP contribution is -2.45. The third kappa shape index (κ3) is 29.4. The lowest BCUT2D eigenvalue weighted by atomic mass is 9.65. The van der Waals surface area contributed by atoms with Gasteiger partial charge in [0.2, 0.25) is 0 Å². The topological polar surface area (TPSA) is 266 Å². The van der Waals surface area contributed by atoms with E-state index in [-0.39, 0.29) is 121 Å². The summed E-state index contributed by atoms with van der Waals surface area (Å²) < 4.78 is 66.1. The summed E-state index contributed by atoms with van der Waals surface area (Å²) in [5, 5.41) is 55.6. The first-order valence-electron chi connectivity index (χ1n) is 33.0. The number of hydrogen-bond donors (Lipinski definition) is 6. The number of ketones is 1. The van der Waals surface area contributed by atoms with Gasteiger partial charge in [-0.2, -0.15) is 0 Å². The maximum atomic E-state index is 11.1. The Balaban J connectivity index is 0.000000343. The first-order chi connectivity index (χ1) is 40.4. The van der Waals surface area contributed by atoms with Crippen LogP contribution in [0.2, 0.25) is 0 Å². The largest absolute Gasteiger partial charge is 0.481 e. The smallest absolute Gasteiger partial charge is 0.306 e. The van der Waals surface area contributed by atoms with Gasteiger partial charge >= 0.3 is 5.97 Å². The highest BCUT2D eigenvalue weighted by Gasteiger charge is 2.48. The van der Waals surface area contributed by atoms with Gasteiger partial charge in [-0.1, -0.05) is 34.1 Å². The molecule has 510 valence electrons. The van der Waals surface area contributed by atoms with Crippen LogP contribution in [0.25, 0.3) is 0 Å². The number of Topliss-reactive ketones (excluding diaryl/α,β-unsaturated/α-hetero) is 1. The van der Waals surface area contributed by atoms with E-state index in [0.717, 1.165) is 70.8 Å². The molecule has 0 amide bonds. The van der Waals surface area contributed by atoms with Gasteiger partial charge in [-0.05, 0) is 173 Å². The molecule has 0 bridgehead atoms. The van der Waals surface area contributed by atoms with Crippen LogP contribution < -0.4 is 0 Å². The Morgan fingerprint density at radius 1 is 0.535 bits per heavy atom. The minimum Gasteiger partial charge on any atom is -0.481 e. The standard InChI is InChI=1S/2C10H18O3.C10H20O2.C9H18O4.2C9H18O3.C9H16O2/c1-6(2)13-8-5-12-9-7(3)4-11-10(8)9;1-7(2)13-9-5-3-4-8(6-9)10(11)12;1-4-10(7-11)5-9(6-10)12-8(2)3;1-6(2)13-7-3-8(11)9(4-10)12-5-7;2*1-4-7-9(10)8(5-11-7)12-6(2)3;1-7(2)11-6-9(4-5-9)8(3)10/h6-10H,4-5H2,1-3H3;7-9H,3-6H2,1-2H3,(H,11,12);8-9,11H,4-7H2,1-3H3;6-11H,3-5H2,1-2H3;2*6-10H,4-5H2,1-3H3;7H,4-6H2,1-3H3/t7-,8-,9-,10-;8-,9-;;3*7-,8+,9-;/m10.110./s1. The predicted molar refractivity (Wildman–Crippen MR) is 330 cm³/mol. The third-order valence-electron chi connectivity index (χ3n) is 16.6. The van der Waals surface area contributed by atoms with Crippen molar-refractivity contribution in [1.29, 1.82) is 0 Å². The van der Waals surface area contributed by atoms with Gasteiger partial charge in [0.25, 0.3) is 0 Å². The molecule has 3 saturated carbocycles. The zero-order valence-corrected chi connectivity index (χ0v) is 56.8. The first kappa shape index (κ1) is 80.6. The maximum absolute atomic E-state index is 11.1. The van der Waals surface area contributed by atoms with E-state index >= 15 is 0 Å². The van der Waals surface area contributed by atoms with Crippen molar-refractivity contribution in [2.24, 2.45) is 22.7 Å². The summed E-state index contributed by atoms with van der Waals surface area (Å²) in [6.07, 6.45) is 11.3. The second-order valence-electron chi connectivity index (χ2n) is 26.9. The minimum absolute atomic E-state index is 0.0336. The molecule has 15 atom stereocenters. The lowest BCUT2D eigenvalue weighted by molar-refractivity contribution is -0.160. The van der Waals surface area contributed by atoms with Crippen LogP contribution in [0.4, 0.5) is 0 Å². The van der Waals surface area contributed by atoms with Crippen molar-refractivity contribution in [2.45, 2.75) is 337 Å². The Morgan fingerprint density at radius 3 is 1.38 bits per heavy atom. The fourth-order valence-electron chi connectivity index (χ4n) is 11.4. The molecular formula is C66H126O20. The van der Waals surface area contributed by atoms with Crippen molar-refractivity contribution in [3.63, 3.8) is 0 Å². The van der Waals surface area contributed by atoms with Gasteiger partial charge in [0.15, 0.2) is 0 Å². The zero-order chi connectivity index (χ0) is 65.1. The van der Waals surface area contributed by atoms with Crippen LogP contribution in [0.5, 0.6) is 0 Å². The molecule has 3 aliphatic carbocycles. The van der Waals surface area contributed by atoms with E-state index in [2.05, 4.69) is 27.7 Å². The van der Waals surface area contributed by atoms with Gasteiger partial charge in [0, 0.05) is 18.9 Å². The number of hydrogen-bond acceptors (Lipinski definition) is 19. The van der Waals surface area contributed by atoms with Crippen LogP contribution in [0, 0.1) is 22.7 Å². The highest BCUT2D eigenvalue weighted by molar-refractivity contribution is 5.85.